The summed E-state index contributed by atoms with van der Waals surface area (Å²) in [6, 6.07) is -0.173. The normalized spacial score (nSPS) is 26.0. The van der Waals surface area contributed by atoms with E-state index in [1.54, 1.807) is 0 Å². The first-order valence-electron chi connectivity index (χ1n) is 6.03. The van der Waals surface area contributed by atoms with E-state index in [9.17, 15) is 4.79 Å². The van der Waals surface area contributed by atoms with Gasteiger partial charge >= 0.3 is 0 Å². The van der Waals surface area contributed by atoms with E-state index in [1.165, 1.54) is 0 Å². The number of morpholine rings is 1. The minimum atomic E-state index is -0.173. The second-order valence-corrected chi connectivity index (χ2v) is 4.38. The molecular formula is C11H21ClN2O3. The first-order valence-corrected chi connectivity index (χ1v) is 6.03. The lowest BCUT2D eigenvalue weighted by molar-refractivity contribution is -0.126. The van der Waals surface area contributed by atoms with Crippen molar-refractivity contribution in [1.29, 1.82) is 0 Å². The van der Waals surface area contributed by atoms with Crippen molar-refractivity contribution < 1.29 is 14.3 Å². The largest absolute Gasteiger partial charge is 0.381 e. The Morgan fingerprint density at radius 3 is 2.65 bits per heavy atom. The SMILES string of the molecule is Cl.O=C(NCC1CCOCC1)C1COCCN1. The summed E-state index contributed by atoms with van der Waals surface area (Å²) in [5.41, 5.74) is 0. The maximum absolute atomic E-state index is 11.8. The van der Waals surface area contributed by atoms with E-state index in [2.05, 4.69) is 10.6 Å². The molecule has 0 bridgehead atoms. The van der Waals surface area contributed by atoms with Gasteiger partial charge in [-0.1, -0.05) is 0 Å². The van der Waals surface area contributed by atoms with Gasteiger partial charge in [0.2, 0.25) is 5.91 Å². The molecule has 1 amide bonds. The third kappa shape index (κ3) is 4.79. The van der Waals surface area contributed by atoms with Gasteiger partial charge in [0.15, 0.2) is 0 Å². The molecule has 6 heteroatoms. The predicted octanol–water partition coefficient (Wildman–Crippen LogP) is -0.0606. The van der Waals surface area contributed by atoms with Gasteiger partial charge < -0.3 is 20.1 Å². The van der Waals surface area contributed by atoms with Crippen molar-refractivity contribution in [2.24, 2.45) is 5.92 Å². The highest BCUT2D eigenvalue weighted by Gasteiger charge is 2.22. The van der Waals surface area contributed by atoms with Crippen molar-refractivity contribution in [3.8, 4) is 0 Å². The first kappa shape index (κ1) is 14.7. The molecule has 1 unspecified atom stereocenters. The van der Waals surface area contributed by atoms with Crippen LogP contribution in [0.25, 0.3) is 0 Å². The van der Waals surface area contributed by atoms with Crippen molar-refractivity contribution in [2.45, 2.75) is 18.9 Å². The Labute approximate surface area is 108 Å². The highest BCUT2D eigenvalue weighted by atomic mass is 35.5. The Balaban J connectivity index is 0.00000144. The molecule has 17 heavy (non-hydrogen) atoms. The van der Waals surface area contributed by atoms with Crippen molar-refractivity contribution in [3.05, 3.63) is 0 Å². The van der Waals surface area contributed by atoms with E-state index >= 15 is 0 Å². The molecule has 0 aliphatic carbocycles. The highest BCUT2D eigenvalue weighted by molar-refractivity contribution is 5.85. The molecule has 2 aliphatic heterocycles. The van der Waals surface area contributed by atoms with Crippen LogP contribution in [0.4, 0.5) is 0 Å². The van der Waals surface area contributed by atoms with Crippen LogP contribution in [0.3, 0.4) is 0 Å². The maximum atomic E-state index is 11.8. The van der Waals surface area contributed by atoms with Gasteiger partial charge in [0.1, 0.15) is 6.04 Å². The molecule has 0 aromatic heterocycles. The van der Waals surface area contributed by atoms with E-state index in [-0.39, 0.29) is 24.4 Å². The van der Waals surface area contributed by atoms with Crippen LogP contribution in [0.1, 0.15) is 12.8 Å². The fourth-order valence-electron chi connectivity index (χ4n) is 2.05. The van der Waals surface area contributed by atoms with E-state index < -0.39 is 0 Å². The van der Waals surface area contributed by atoms with Crippen LogP contribution < -0.4 is 10.6 Å². The van der Waals surface area contributed by atoms with Crippen LogP contribution in [0.5, 0.6) is 0 Å². The summed E-state index contributed by atoms with van der Waals surface area (Å²) in [7, 11) is 0. The molecule has 2 saturated heterocycles. The van der Waals surface area contributed by atoms with Gasteiger partial charge in [0.25, 0.3) is 0 Å². The molecule has 100 valence electrons. The number of carbonyl (C=O) groups excluding carboxylic acids is 1. The van der Waals surface area contributed by atoms with Gasteiger partial charge in [-0.2, -0.15) is 0 Å². The topological polar surface area (TPSA) is 59.6 Å². The monoisotopic (exact) mass is 264 g/mol. The fourth-order valence-corrected chi connectivity index (χ4v) is 2.05. The first-order chi connectivity index (χ1) is 7.86. The third-order valence-electron chi connectivity index (χ3n) is 3.14. The average molecular weight is 265 g/mol. The quantitative estimate of drug-likeness (QED) is 0.750. The van der Waals surface area contributed by atoms with Crippen LogP contribution in [-0.2, 0) is 14.3 Å². The zero-order valence-corrected chi connectivity index (χ0v) is 10.8. The zero-order chi connectivity index (χ0) is 11.2. The number of hydrogen-bond acceptors (Lipinski definition) is 4. The molecule has 0 radical (unpaired) electrons. The number of rotatable bonds is 3. The lowest BCUT2D eigenvalue weighted by Gasteiger charge is -2.26. The van der Waals surface area contributed by atoms with Gasteiger partial charge in [-0.05, 0) is 18.8 Å². The molecule has 0 saturated carbocycles. The van der Waals surface area contributed by atoms with Crippen LogP contribution in [0.15, 0.2) is 0 Å². The Bertz CT molecular complexity index is 229. The summed E-state index contributed by atoms with van der Waals surface area (Å²) < 4.78 is 10.5. The van der Waals surface area contributed by atoms with Crippen molar-refractivity contribution >= 4 is 18.3 Å². The number of amides is 1. The van der Waals surface area contributed by atoms with Crippen molar-refractivity contribution in [3.63, 3.8) is 0 Å². The standard InChI is InChI=1S/C11H20N2O3.ClH/c14-11(10-8-16-6-3-12-10)13-7-9-1-4-15-5-2-9;/h9-10,12H,1-8H2,(H,13,14);1H. The maximum Gasteiger partial charge on any atom is 0.239 e. The second-order valence-electron chi connectivity index (χ2n) is 4.38. The summed E-state index contributed by atoms with van der Waals surface area (Å²) in [4.78, 5) is 11.8. The number of nitrogens with one attached hydrogen (secondary N) is 2. The Kier molecular flexibility index (Phi) is 6.80. The summed E-state index contributed by atoms with van der Waals surface area (Å²) in [5.74, 6) is 0.633. The van der Waals surface area contributed by atoms with Crippen LogP contribution in [0, 0.1) is 5.92 Å². The van der Waals surface area contributed by atoms with Crippen LogP contribution >= 0.6 is 12.4 Å². The second kappa shape index (κ2) is 7.87. The minimum absolute atomic E-state index is 0. The number of ether oxygens (including phenoxy) is 2. The molecule has 0 aromatic carbocycles. The Morgan fingerprint density at radius 1 is 1.24 bits per heavy atom. The average Bonchev–Trinajstić information content (AvgIpc) is 2.38. The van der Waals surface area contributed by atoms with Crippen molar-refractivity contribution in [1.82, 2.24) is 10.6 Å². The van der Waals surface area contributed by atoms with Gasteiger partial charge in [0.05, 0.1) is 13.2 Å². The fraction of sp³-hybridized carbons (Fsp3) is 0.909. The van der Waals surface area contributed by atoms with Crippen LogP contribution in [-0.4, -0.2) is 51.5 Å². The molecule has 2 N–H and O–H groups in total. The van der Waals surface area contributed by atoms with Gasteiger partial charge in [-0.25, -0.2) is 0 Å². The molecule has 2 rings (SSSR count). The summed E-state index contributed by atoms with van der Waals surface area (Å²) in [6.45, 7) is 4.36. The number of halogens is 1. The van der Waals surface area contributed by atoms with Gasteiger partial charge in [-0.3, -0.25) is 4.79 Å². The molecule has 0 spiro atoms. The lowest BCUT2D eigenvalue weighted by Crippen LogP contribution is -2.52. The zero-order valence-electron chi connectivity index (χ0n) is 9.94. The Morgan fingerprint density at radius 2 is 2.00 bits per heavy atom. The summed E-state index contributed by atoms with van der Waals surface area (Å²) >= 11 is 0. The van der Waals surface area contributed by atoms with Gasteiger partial charge in [-0.15, -0.1) is 12.4 Å². The Hall–Kier alpha value is -0.360. The molecule has 1 atom stereocenters. The van der Waals surface area contributed by atoms with Gasteiger partial charge in [0, 0.05) is 26.3 Å². The summed E-state index contributed by atoms with van der Waals surface area (Å²) in [6.07, 6.45) is 2.10. The predicted molar refractivity (Wildman–Crippen MR) is 66.4 cm³/mol. The molecule has 5 nitrogen and oxygen atoms in total. The highest BCUT2D eigenvalue weighted by Crippen LogP contribution is 2.13. The molecule has 2 heterocycles. The van der Waals surface area contributed by atoms with E-state index in [0.29, 0.717) is 19.1 Å². The van der Waals surface area contributed by atoms with E-state index in [1.807, 2.05) is 0 Å². The van der Waals surface area contributed by atoms with E-state index in [0.717, 1.165) is 39.1 Å². The number of carbonyl (C=O) groups is 1. The number of hydrogen-bond donors (Lipinski definition) is 2. The van der Waals surface area contributed by atoms with E-state index in [4.69, 9.17) is 9.47 Å². The summed E-state index contributed by atoms with van der Waals surface area (Å²) in [5, 5.41) is 6.13. The lowest BCUT2D eigenvalue weighted by atomic mass is 10.0. The van der Waals surface area contributed by atoms with Crippen molar-refractivity contribution in [2.75, 3.05) is 39.5 Å². The van der Waals surface area contributed by atoms with Crippen LogP contribution in [0.2, 0.25) is 0 Å². The molecule has 2 fully saturated rings. The molecular weight excluding hydrogens is 244 g/mol. The minimum Gasteiger partial charge on any atom is -0.381 e. The third-order valence-corrected chi connectivity index (χ3v) is 3.14. The molecule has 0 aromatic rings. The smallest absolute Gasteiger partial charge is 0.239 e. The molecule has 2 aliphatic rings.